The van der Waals surface area contributed by atoms with Crippen LogP contribution in [0.5, 0.6) is 5.75 Å². The van der Waals surface area contributed by atoms with Crippen molar-refractivity contribution in [2.45, 2.75) is 32.2 Å². The lowest BCUT2D eigenvalue weighted by atomic mass is 10.2. The van der Waals surface area contributed by atoms with Crippen molar-refractivity contribution in [1.82, 2.24) is 10.3 Å². The molecule has 0 unspecified atom stereocenters. The first-order valence-corrected chi connectivity index (χ1v) is 10.9. The van der Waals surface area contributed by atoms with Crippen LogP contribution in [0.1, 0.15) is 31.2 Å². The van der Waals surface area contributed by atoms with Gasteiger partial charge in [-0.05, 0) is 42.7 Å². The molecule has 5 nitrogen and oxygen atoms in total. The zero-order valence-electron chi connectivity index (χ0n) is 16.9. The average Bonchev–Trinajstić information content (AvgIpc) is 3.06. The van der Waals surface area contributed by atoms with E-state index in [4.69, 9.17) is 21.3 Å². The number of hydrogen-bond acceptors (Lipinski definition) is 4. The number of amides is 1. The minimum Gasteiger partial charge on any atom is -0.481 e. The van der Waals surface area contributed by atoms with E-state index >= 15 is 0 Å². The predicted octanol–water partition coefficient (Wildman–Crippen LogP) is 4.96. The van der Waals surface area contributed by atoms with Crippen molar-refractivity contribution < 1.29 is 9.53 Å². The minimum absolute atomic E-state index is 0.0703. The molecule has 0 spiro atoms. The second-order valence-electron chi connectivity index (χ2n) is 7.56. The lowest BCUT2D eigenvalue weighted by Crippen LogP contribution is -2.28. The van der Waals surface area contributed by atoms with Gasteiger partial charge in [0, 0.05) is 30.0 Å². The van der Waals surface area contributed by atoms with Gasteiger partial charge in [-0.1, -0.05) is 54.8 Å². The largest absolute Gasteiger partial charge is 0.481 e. The van der Waals surface area contributed by atoms with Crippen molar-refractivity contribution in [2.24, 2.45) is 0 Å². The number of nitrogens with zero attached hydrogens (tertiary/aromatic N) is 2. The van der Waals surface area contributed by atoms with Gasteiger partial charge in [0.15, 0.2) is 6.61 Å². The number of halogens is 1. The summed E-state index contributed by atoms with van der Waals surface area (Å²) in [5.74, 6) is 1.40. The number of carbonyl (C=O) groups excluding carboxylic acids is 1. The maximum atomic E-state index is 12.3. The van der Waals surface area contributed by atoms with E-state index in [9.17, 15) is 4.79 Å². The molecule has 30 heavy (non-hydrogen) atoms. The predicted molar refractivity (Wildman–Crippen MR) is 121 cm³/mol. The van der Waals surface area contributed by atoms with E-state index in [0.717, 1.165) is 35.4 Å². The molecule has 4 rings (SSSR count). The van der Waals surface area contributed by atoms with Crippen molar-refractivity contribution in [3.05, 3.63) is 65.2 Å². The van der Waals surface area contributed by atoms with Crippen molar-refractivity contribution >= 4 is 34.2 Å². The van der Waals surface area contributed by atoms with E-state index in [0.29, 0.717) is 17.3 Å². The van der Waals surface area contributed by atoms with Gasteiger partial charge in [0.2, 0.25) is 0 Å². The third-order valence-corrected chi connectivity index (χ3v) is 5.76. The molecule has 2 aromatic carbocycles. The number of carbonyl (C=O) groups is 1. The normalized spacial score (nSPS) is 14.4. The van der Waals surface area contributed by atoms with Crippen LogP contribution in [0, 0.1) is 0 Å². The average molecular weight is 424 g/mol. The Bertz CT molecular complexity index is 1020. The third-order valence-electron chi connectivity index (χ3n) is 5.39. The Balaban J connectivity index is 1.43. The first kappa shape index (κ1) is 20.5. The summed E-state index contributed by atoms with van der Waals surface area (Å²) in [4.78, 5) is 19.5. The summed E-state index contributed by atoms with van der Waals surface area (Å²) < 4.78 is 5.84. The molecule has 1 aliphatic heterocycles. The van der Waals surface area contributed by atoms with Crippen LogP contribution in [0.4, 0.5) is 5.82 Å². The van der Waals surface area contributed by atoms with Crippen LogP contribution in [0.2, 0.25) is 5.02 Å². The Hall–Kier alpha value is -2.79. The highest BCUT2D eigenvalue weighted by Gasteiger charge is 2.14. The number of fused-ring (bicyclic) bond motifs is 1. The quantitative estimate of drug-likeness (QED) is 0.608. The molecule has 1 fully saturated rings. The van der Waals surface area contributed by atoms with Gasteiger partial charge in [0.25, 0.3) is 5.91 Å². The second-order valence-corrected chi connectivity index (χ2v) is 7.96. The summed E-state index contributed by atoms with van der Waals surface area (Å²) in [6, 6.07) is 17.4. The number of rotatable bonds is 6. The van der Waals surface area contributed by atoms with Crippen LogP contribution < -0.4 is 15.0 Å². The monoisotopic (exact) mass is 423 g/mol. The molecule has 0 bridgehead atoms. The van der Waals surface area contributed by atoms with Crippen LogP contribution in [0.3, 0.4) is 0 Å². The summed E-state index contributed by atoms with van der Waals surface area (Å²) in [5, 5.41) is 4.49. The molecule has 0 atom stereocenters. The maximum Gasteiger partial charge on any atom is 0.258 e. The standard InChI is InChI=1S/C24H26ClN3O2/c25-20-10-4-3-8-19(20)16-26-23(29)17-30-21-11-7-9-18-12-13-22(27-24(18)21)28-14-5-1-2-6-15-28/h3-4,7-13H,1-2,5-6,14-17H2,(H,26,29). The molecule has 0 saturated carbocycles. The van der Waals surface area contributed by atoms with Crippen molar-refractivity contribution in [2.75, 3.05) is 24.6 Å². The van der Waals surface area contributed by atoms with E-state index < -0.39 is 0 Å². The fourth-order valence-corrected chi connectivity index (χ4v) is 3.93. The molecule has 2 heterocycles. The fraction of sp³-hybridized carbons (Fsp3) is 0.333. The minimum atomic E-state index is -0.199. The molecule has 0 aliphatic carbocycles. The molecule has 6 heteroatoms. The van der Waals surface area contributed by atoms with E-state index in [2.05, 4.69) is 22.3 Å². The number of pyridine rings is 1. The number of para-hydroxylation sites is 1. The van der Waals surface area contributed by atoms with E-state index in [1.165, 1.54) is 25.7 Å². The Morgan fingerprint density at radius 2 is 1.80 bits per heavy atom. The SMILES string of the molecule is O=C(COc1cccc2ccc(N3CCCCCC3)nc12)NCc1ccccc1Cl. The lowest BCUT2D eigenvalue weighted by Gasteiger charge is -2.22. The van der Waals surface area contributed by atoms with Gasteiger partial charge in [-0.25, -0.2) is 4.98 Å². The fourth-order valence-electron chi connectivity index (χ4n) is 3.73. The van der Waals surface area contributed by atoms with Gasteiger partial charge in [-0.3, -0.25) is 4.79 Å². The van der Waals surface area contributed by atoms with Gasteiger partial charge < -0.3 is 15.0 Å². The Morgan fingerprint density at radius 1 is 1.00 bits per heavy atom. The summed E-state index contributed by atoms with van der Waals surface area (Å²) in [6.07, 6.45) is 4.95. The molecule has 1 aromatic heterocycles. The van der Waals surface area contributed by atoms with Crippen molar-refractivity contribution in [1.29, 1.82) is 0 Å². The summed E-state index contributed by atoms with van der Waals surface area (Å²) >= 11 is 6.14. The molecular formula is C24H26ClN3O2. The summed E-state index contributed by atoms with van der Waals surface area (Å²) in [5.41, 5.74) is 1.67. The number of hydrogen-bond donors (Lipinski definition) is 1. The van der Waals surface area contributed by atoms with Gasteiger partial charge in [-0.15, -0.1) is 0 Å². The number of nitrogens with one attached hydrogen (secondary N) is 1. The third kappa shape index (κ3) is 5.03. The van der Waals surface area contributed by atoms with E-state index in [-0.39, 0.29) is 12.5 Å². The Labute approximate surface area is 182 Å². The van der Waals surface area contributed by atoms with Crippen LogP contribution in [-0.4, -0.2) is 30.6 Å². The lowest BCUT2D eigenvalue weighted by molar-refractivity contribution is -0.123. The number of ether oxygens (including phenoxy) is 1. The first-order chi connectivity index (χ1) is 14.7. The Kier molecular flexibility index (Phi) is 6.70. The molecule has 1 amide bonds. The highest BCUT2D eigenvalue weighted by atomic mass is 35.5. The van der Waals surface area contributed by atoms with Gasteiger partial charge >= 0.3 is 0 Å². The van der Waals surface area contributed by atoms with Crippen molar-refractivity contribution in [3.8, 4) is 5.75 Å². The highest BCUT2D eigenvalue weighted by Crippen LogP contribution is 2.27. The molecule has 156 valence electrons. The smallest absolute Gasteiger partial charge is 0.258 e. The molecule has 0 radical (unpaired) electrons. The first-order valence-electron chi connectivity index (χ1n) is 10.5. The number of aromatic nitrogens is 1. The van der Waals surface area contributed by atoms with Crippen LogP contribution in [0.25, 0.3) is 10.9 Å². The van der Waals surface area contributed by atoms with Crippen LogP contribution >= 0.6 is 11.6 Å². The van der Waals surface area contributed by atoms with Gasteiger partial charge in [0.1, 0.15) is 17.1 Å². The molecule has 1 N–H and O–H groups in total. The van der Waals surface area contributed by atoms with Gasteiger partial charge in [-0.2, -0.15) is 0 Å². The van der Waals surface area contributed by atoms with E-state index in [1.54, 1.807) is 0 Å². The zero-order valence-corrected chi connectivity index (χ0v) is 17.7. The second kappa shape index (κ2) is 9.81. The van der Waals surface area contributed by atoms with Crippen molar-refractivity contribution in [3.63, 3.8) is 0 Å². The highest BCUT2D eigenvalue weighted by molar-refractivity contribution is 6.31. The summed E-state index contributed by atoms with van der Waals surface area (Å²) in [6.45, 7) is 2.37. The Morgan fingerprint density at radius 3 is 2.60 bits per heavy atom. The summed E-state index contributed by atoms with van der Waals surface area (Å²) in [7, 11) is 0. The molecule has 3 aromatic rings. The van der Waals surface area contributed by atoms with Crippen LogP contribution in [-0.2, 0) is 11.3 Å². The van der Waals surface area contributed by atoms with E-state index in [1.807, 2.05) is 42.5 Å². The topological polar surface area (TPSA) is 54.5 Å². The molecule has 1 saturated heterocycles. The number of benzene rings is 2. The molecular weight excluding hydrogens is 398 g/mol. The van der Waals surface area contributed by atoms with Gasteiger partial charge in [0.05, 0.1) is 0 Å². The zero-order chi connectivity index (χ0) is 20.8. The molecule has 1 aliphatic rings. The van der Waals surface area contributed by atoms with Crippen LogP contribution in [0.15, 0.2) is 54.6 Å². The maximum absolute atomic E-state index is 12.3. The number of anilines is 1.